The first-order valence-electron chi connectivity index (χ1n) is 22.0. The number of aliphatic imine (C=N–C) groups is 1. The molecule has 0 aliphatic heterocycles. The van der Waals surface area contributed by atoms with Crippen LogP contribution in [-0.4, -0.2) is 5.84 Å². The third-order valence-corrected chi connectivity index (χ3v) is 13.5. The molecule has 7 aromatic rings. The van der Waals surface area contributed by atoms with Gasteiger partial charge in [-0.15, -0.1) is 0 Å². The molecule has 0 radical (unpaired) electrons. The lowest BCUT2D eigenvalue weighted by atomic mass is 9.66. The number of benzene rings is 7. The Bertz CT molecular complexity index is 2960. The summed E-state index contributed by atoms with van der Waals surface area (Å²) in [6.45, 7) is 0. The fourth-order valence-electron chi connectivity index (χ4n) is 10.6. The number of rotatable bonds is 8. The molecule has 4 aliphatic carbocycles. The topological polar surface area (TPSA) is 38.4 Å². The molecule has 11 rings (SSSR count). The third kappa shape index (κ3) is 6.46. The smallest absolute Gasteiger partial charge is 0.131 e. The normalized spacial score (nSPS) is 18.0. The maximum atomic E-state index is 6.61. The first-order chi connectivity index (χ1) is 30.1. The molecule has 294 valence electrons. The molecule has 0 bridgehead atoms. The molecule has 2 N–H and O–H groups in total. The van der Waals surface area contributed by atoms with Crippen LogP contribution in [0.25, 0.3) is 50.2 Å². The van der Waals surface area contributed by atoms with Gasteiger partial charge < -0.3 is 5.73 Å². The molecule has 0 saturated carbocycles. The minimum atomic E-state index is -0.164. The fourth-order valence-corrected chi connectivity index (χ4v) is 10.6. The summed E-state index contributed by atoms with van der Waals surface area (Å²) in [6.07, 6.45) is 15.2. The first kappa shape index (κ1) is 37.0. The van der Waals surface area contributed by atoms with E-state index in [0.717, 1.165) is 36.1 Å². The van der Waals surface area contributed by atoms with E-state index in [9.17, 15) is 0 Å². The van der Waals surface area contributed by atoms with Gasteiger partial charge in [0.25, 0.3) is 0 Å². The van der Waals surface area contributed by atoms with Crippen LogP contribution >= 0.6 is 0 Å². The molecule has 61 heavy (non-hydrogen) atoms. The first-order valence-corrected chi connectivity index (χ1v) is 22.0. The van der Waals surface area contributed by atoms with E-state index >= 15 is 0 Å². The van der Waals surface area contributed by atoms with Gasteiger partial charge in [0.15, 0.2) is 0 Å². The van der Waals surface area contributed by atoms with Gasteiger partial charge >= 0.3 is 0 Å². The van der Waals surface area contributed by atoms with Crippen LogP contribution in [0.2, 0.25) is 0 Å². The molecular formula is C59H48N2. The van der Waals surface area contributed by atoms with E-state index in [1.165, 1.54) is 98.0 Å². The zero-order valence-corrected chi connectivity index (χ0v) is 34.4. The Kier molecular flexibility index (Phi) is 9.42. The Hall–Kier alpha value is -7.03. The standard InChI is InChI=1S/C59H48N2/c60-58(46-17-5-2-6-18-46)61-57(45-33-31-42(32-34-45)41-15-3-1-4-16-41)37-26-40-14-13-19-47(38-40)43-27-29-44(30-28-43)48-35-36-52-51-22-9-12-25-55(51)59(56(52)39-48)53-23-10-7-20-49(53)50-21-8-11-24-54(50)59/h1-7,10,13-21,23-24,27-39H,8-9,11-12,22,25-26H2,(H2,60,61)/b57-37-. The van der Waals surface area contributed by atoms with Gasteiger partial charge in [0.05, 0.1) is 11.1 Å². The highest BCUT2D eigenvalue weighted by Gasteiger charge is 2.54. The number of allylic oxidation sites excluding steroid dienone is 7. The van der Waals surface area contributed by atoms with Crippen molar-refractivity contribution >= 4 is 22.7 Å². The second-order valence-electron chi connectivity index (χ2n) is 16.9. The lowest BCUT2D eigenvalue weighted by Crippen LogP contribution is -2.28. The van der Waals surface area contributed by atoms with E-state index in [-0.39, 0.29) is 5.41 Å². The van der Waals surface area contributed by atoms with E-state index in [0.29, 0.717) is 5.84 Å². The summed E-state index contributed by atoms with van der Waals surface area (Å²) in [6, 6.07) is 63.8. The largest absolute Gasteiger partial charge is 0.383 e. The maximum absolute atomic E-state index is 6.61. The number of amidine groups is 1. The molecule has 0 aromatic heterocycles. The van der Waals surface area contributed by atoms with Crippen molar-refractivity contribution in [3.05, 3.63) is 244 Å². The molecule has 0 amide bonds. The molecule has 0 fully saturated rings. The Morgan fingerprint density at radius 2 is 1.15 bits per heavy atom. The molecule has 1 atom stereocenters. The second kappa shape index (κ2) is 15.5. The van der Waals surface area contributed by atoms with Crippen LogP contribution in [0.4, 0.5) is 0 Å². The van der Waals surface area contributed by atoms with Crippen molar-refractivity contribution in [1.82, 2.24) is 0 Å². The van der Waals surface area contributed by atoms with Gasteiger partial charge in [0, 0.05) is 5.56 Å². The summed E-state index contributed by atoms with van der Waals surface area (Å²) >= 11 is 0. The van der Waals surface area contributed by atoms with Crippen LogP contribution in [0.5, 0.6) is 0 Å². The molecule has 2 heteroatoms. The average molecular weight is 785 g/mol. The highest BCUT2D eigenvalue weighted by Crippen LogP contribution is 2.66. The van der Waals surface area contributed by atoms with Crippen LogP contribution in [-0.2, 0) is 11.8 Å². The maximum Gasteiger partial charge on any atom is 0.131 e. The molecule has 2 nitrogen and oxygen atoms in total. The van der Waals surface area contributed by atoms with Crippen molar-refractivity contribution in [2.75, 3.05) is 0 Å². The summed E-state index contributed by atoms with van der Waals surface area (Å²) in [5, 5.41) is 0. The monoisotopic (exact) mass is 784 g/mol. The van der Waals surface area contributed by atoms with Gasteiger partial charge in [-0.1, -0.05) is 188 Å². The number of hydrogen-bond donors (Lipinski definition) is 1. The molecule has 1 unspecified atom stereocenters. The fraction of sp³-hybridized carbons (Fsp3) is 0.136. The minimum Gasteiger partial charge on any atom is -0.383 e. The van der Waals surface area contributed by atoms with Crippen molar-refractivity contribution in [1.29, 1.82) is 0 Å². The summed E-state index contributed by atoms with van der Waals surface area (Å²) < 4.78 is 0. The number of hydrogen-bond acceptors (Lipinski definition) is 1. The van der Waals surface area contributed by atoms with Crippen molar-refractivity contribution in [2.24, 2.45) is 10.7 Å². The van der Waals surface area contributed by atoms with Gasteiger partial charge in [0.2, 0.25) is 0 Å². The molecule has 7 aromatic carbocycles. The molecule has 4 aliphatic rings. The second-order valence-corrected chi connectivity index (χ2v) is 16.9. The number of nitrogens with zero attached hydrogens (tertiary/aromatic N) is 1. The highest BCUT2D eigenvalue weighted by molar-refractivity contribution is 6.01. The SMILES string of the molecule is NC(=N/C(=C\Cc1cccc(-c2ccc(-c3ccc4c(c3)C3(C5=CCCC=C5c5ccccc53)C3=C4CCCC3)cc2)c1)c1ccc(-c2ccccc2)cc1)c1ccccc1. The predicted molar refractivity (Wildman–Crippen MR) is 256 cm³/mol. The minimum absolute atomic E-state index is 0.164. The van der Waals surface area contributed by atoms with E-state index < -0.39 is 0 Å². The van der Waals surface area contributed by atoms with Crippen molar-refractivity contribution in [3.63, 3.8) is 0 Å². The molecule has 0 saturated heterocycles. The zero-order valence-electron chi connectivity index (χ0n) is 34.4. The average Bonchev–Trinajstić information content (AvgIpc) is 3.81. The van der Waals surface area contributed by atoms with Crippen LogP contribution < -0.4 is 5.73 Å². The molecule has 1 spiro atoms. The van der Waals surface area contributed by atoms with Crippen LogP contribution in [0, 0.1) is 0 Å². The van der Waals surface area contributed by atoms with Gasteiger partial charge in [-0.25, -0.2) is 4.99 Å². The Morgan fingerprint density at radius 1 is 0.525 bits per heavy atom. The zero-order chi connectivity index (χ0) is 40.8. The van der Waals surface area contributed by atoms with Crippen LogP contribution in [0.15, 0.2) is 210 Å². The van der Waals surface area contributed by atoms with Crippen molar-refractivity contribution in [2.45, 2.75) is 50.4 Å². The predicted octanol–water partition coefficient (Wildman–Crippen LogP) is 14.4. The van der Waals surface area contributed by atoms with E-state index in [4.69, 9.17) is 10.7 Å². The third-order valence-electron chi connectivity index (χ3n) is 13.5. The van der Waals surface area contributed by atoms with Crippen molar-refractivity contribution < 1.29 is 0 Å². The quantitative estimate of drug-likeness (QED) is 0.121. The van der Waals surface area contributed by atoms with Gasteiger partial charge in [-0.05, 0) is 140 Å². The summed E-state index contributed by atoms with van der Waals surface area (Å²) in [7, 11) is 0. The Morgan fingerprint density at radius 3 is 1.95 bits per heavy atom. The van der Waals surface area contributed by atoms with E-state index in [2.05, 4.69) is 158 Å². The van der Waals surface area contributed by atoms with Gasteiger partial charge in [-0.2, -0.15) is 0 Å². The lowest BCUT2D eigenvalue weighted by Gasteiger charge is -2.35. The van der Waals surface area contributed by atoms with Gasteiger partial charge in [-0.3, -0.25) is 0 Å². The number of nitrogens with two attached hydrogens (primary N) is 1. The van der Waals surface area contributed by atoms with Crippen LogP contribution in [0.3, 0.4) is 0 Å². The van der Waals surface area contributed by atoms with Crippen molar-refractivity contribution in [3.8, 4) is 33.4 Å². The lowest BCUT2D eigenvalue weighted by molar-refractivity contribution is 0.639. The van der Waals surface area contributed by atoms with E-state index in [1.54, 1.807) is 11.1 Å². The summed E-state index contributed by atoms with van der Waals surface area (Å²) in [5.74, 6) is 0.503. The van der Waals surface area contributed by atoms with Gasteiger partial charge in [0.1, 0.15) is 5.84 Å². The Labute approximate surface area is 359 Å². The summed E-state index contributed by atoms with van der Waals surface area (Å²) in [4.78, 5) is 5.00. The summed E-state index contributed by atoms with van der Waals surface area (Å²) in [5.41, 5.74) is 30.0. The van der Waals surface area contributed by atoms with Crippen LogP contribution in [0.1, 0.15) is 77.5 Å². The molecular weight excluding hydrogens is 737 g/mol. The van der Waals surface area contributed by atoms with E-state index in [1.807, 2.05) is 36.4 Å². The highest BCUT2D eigenvalue weighted by atomic mass is 14.9. The molecule has 0 heterocycles. The Balaban J connectivity index is 0.899. The number of fused-ring (bicyclic) bond motifs is 9.